The van der Waals surface area contributed by atoms with Gasteiger partial charge < -0.3 is 20.9 Å². The van der Waals surface area contributed by atoms with Crippen molar-refractivity contribution in [2.24, 2.45) is 5.92 Å². The van der Waals surface area contributed by atoms with Gasteiger partial charge in [-0.15, -0.1) is 0 Å². The van der Waals surface area contributed by atoms with Crippen molar-refractivity contribution in [1.82, 2.24) is 9.62 Å². The fourth-order valence-corrected chi connectivity index (χ4v) is 3.92. The third-order valence-corrected chi connectivity index (χ3v) is 5.23. The topological polar surface area (TPSA) is 122 Å². The summed E-state index contributed by atoms with van der Waals surface area (Å²) in [6, 6.07) is 5.90. The Labute approximate surface area is 161 Å². The molecule has 0 saturated heterocycles. The minimum absolute atomic E-state index is 0.0552. The molecule has 0 heterocycles. The molecule has 0 aromatic heterocycles. The molecule has 1 aromatic rings. The Balaban J connectivity index is 2.82. The lowest BCUT2D eigenvalue weighted by Crippen LogP contribution is -2.44. The maximum absolute atomic E-state index is 12.9. The van der Waals surface area contributed by atoms with Gasteiger partial charge in [0.05, 0.1) is 11.0 Å². The third kappa shape index (κ3) is 8.15. The first-order valence-corrected chi connectivity index (χ1v) is 10.3. The van der Waals surface area contributed by atoms with Crippen molar-refractivity contribution in [3.63, 3.8) is 0 Å². The van der Waals surface area contributed by atoms with E-state index in [1.807, 2.05) is 13.8 Å². The molecule has 27 heavy (non-hydrogen) atoms. The molecular formula is C18H31N3O5S. The third-order valence-electron chi connectivity index (χ3n) is 3.38. The van der Waals surface area contributed by atoms with Crippen molar-refractivity contribution in [2.75, 3.05) is 25.4 Å². The van der Waals surface area contributed by atoms with Gasteiger partial charge in [-0.2, -0.15) is 4.31 Å². The van der Waals surface area contributed by atoms with Crippen LogP contribution in [0.5, 0.6) is 0 Å². The quantitative estimate of drug-likeness (QED) is 0.571. The number of hydrogen-bond acceptors (Lipinski definition) is 6. The lowest BCUT2D eigenvalue weighted by atomic mass is 10.2. The Hall–Kier alpha value is -1.84. The van der Waals surface area contributed by atoms with Crippen LogP contribution < -0.4 is 11.1 Å². The Kier molecular flexibility index (Phi) is 8.06. The lowest BCUT2D eigenvalue weighted by Gasteiger charge is -2.27. The fraction of sp³-hybridized carbons (Fsp3) is 0.611. The van der Waals surface area contributed by atoms with Gasteiger partial charge in [0.15, 0.2) is 0 Å². The lowest BCUT2D eigenvalue weighted by molar-refractivity contribution is 0.0483. The summed E-state index contributed by atoms with van der Waals surface area (Å²) in [4.78, 5) is 11.8. The van der Waals surface area contributed by atoms with Gasteiger partial charge in [0.25, 0.3) is 0 Å². The van der Waals surface area contributed by atoms with Gasteiger partial charge in [-0.25, -0.2) is 13.2 Å². The van der Waals surface area contributed by atoms with Crippen molar-refractivity contribution >= 4 is 21.8 Å². The molecule has 0 aliphatic heterocycles. The number of aliphatic hydroxyl groups excluding tert-OH is 1. The van der Waals surface area contributed by atoms with Crippen molar-refractivity contribution in [1.29, 1.82) is 0 Å². The number of nitrogens with zero attached hydrogens (tertiary/aromatic N) is 1. The number of nitrogens with two attached hydrogens (primary N) is 1. The molecule has 8 nitrogen and oxygen atoms in total. The second kappa shape index (κ2) is 9.38. The predicted octanol–water partition coefficient (Wildman–Crippen LogP) is 1.80. The normalized spacial score (nSPS) is 13.6. The average molecular weight is 402 g/mol. The number of nitrogen functional groups attached to an aromatic ring is 1. The van der Waals surface area contributed by atoms with Crippen LogP contribution in [-0.2, 0) is 14.8 Å². The zero-order valence-electron chi connectivity index (χ0n) is 16.6. The summed E-state index contributed by atoms with van der Waals surface area (Å²) in [7, 11) is -3.80. The first-order valence-electron chi connectivity index (χ1n) is 8.82. The standard InChI is InChI=1S/C18H31N3O5S/c1-13(2)11-21(27(24,25)16-8-6-14(19)7-9-16)12-15(22)10-20-17(23)26-18(3,4)5/h6-9,13,15,22H,10-12,19H2,1-5H3,(H,20,23)/t15-/m0/s1. The van der Waals surface area contributed by atoms with E-state index in [2.05, 4.69) is 5.32 Å². The number of nitrogens with one attached hydrogen (secondary N) is 1. The Morgan fingerprint density at radius 2 is 1.78 bits per heavy atom. The highest BCUT2D eigenvalue weighted by molar-refractivity contribution is 7.89. The van der Waals surface area contributed by atoms with Crippen molar-refractivity contribution in [3.05, 3.63) is 24.3 Å². The van der Waals surface area contributed by atoms with E-state index in [4.69, 9.17) is 10.5 Å². The molecule has 0 fully saturated rings. The highest BCUT2D eigenvalue weighted by Crippen LogP contribution is 2.19. The van der Waals surface area contributed by atoms with E-state index in [0.717, 1.165) is 0 Å². The van der Waals surface area contributed by atoms with E-state index < -0.39 is 27.8 Å². The van der Waals surface area contributed by atoms with E-state index in [9.17, 15) is 18.3 Å². The number of benzene rings is 1. The van der Waals surface area contributed by atoms with E-state index in [-0.39, 0.29) is 30.4 Å². The van der Waals surface area contributed by atoms with Crippen molar-refractivity contribution in [2.45, 2.75) is 51.2 Å². The summed E-state index contributed by atoms with van der Waals surface area (Å²) in [5, 5.41) is 12.7. The number of sulfonamides is 1. The van der Waals surface area contributed by atoms with Gasteiger partial charge in [0, 0.05) is 25.3 Å². The molecule has 0 unspecified atom stereocenters. The van der Waals surface area contributed by atoms with Gasteiger partial charge in [0.2, 0.25) is 10.0 Å². The highest BCUT2D eigenvalue weighted by atomic mass is 32.2. The monoisotopic (exact) mass is 401 g/mol. The number of ether oxygens (including phenoxy) is 1. The zero-order valence-corrected chi connectivity index (χ0v) is 17.4. The molecule has 1 aromatic carbocycles. The van der Waals surface area contributed by atoms with E-state index in [1.165, 1.54) is 28.6 Å². The molecule has 0 radical (unpaired) electrons. The van der Waals surface area contributed by atoms with Gasteiger partial charge in [0.1, 0.15) is 5.60 Å². The maximum atomic E-state index is 12.9. The summed E-state index contributed by atoms with van der Waals surface area (Å²) in [5.41, 5.74) is 5.43. The largest absolute Gasteiger partial charge is 0.444 e. The van der Waals surface area contributed by atoms with Crippen LogP contribution in [0.2, 0.25) is 0 Å². The number of carbonyl (C=O) groups is 1. The number of rotatable bonds is 8. The molecule has 4 N–H and O–H groups in total. The molecule has 0 aliphatic rings. The predicted molar refractivity (Wildman–Crippen MR) is 105 cm³/mol. The number of carbonyl (C=O) groups excluding carboxylic acids is 1. The second-order valence-corrected chi connectivity index (χ2v) is 9.76. The SMILES string of the molecule is CC(C)CN(C[C@@H](O)CNC(=O)OC(C)(C)C)S(=O)(=O)c1ccc(N)cc1. The van der Waals surface area contributed by atoms with Gasteiger partial charge in [-0.3, -0.25) is 0 Å². The van der Waals surface area contributed by atoms with Crippen LogP contribution in [-0.4, -0.2) is 55.3 Å². The Bertz CT molecular complexity index is 712. The van der Waals surface area contributed by atoms with E-state index >= 15 is 0 Å². The van der Waals surface area contributed by atoms with Crippen LogP contribution in [0, 0.1) is 5.92 Å². The maximum Gasteiger partial charge on any atom is 0.407 e. The summed E-state index contributed by atoms with van der Waals surface area (Å²) in [5.74, 6) is 0.0552. The van der Waals surface area contributed by atoms with Crippen molar-refractivity contribution in [3.8, 4) is 0 Å². The molecular weight excluding hydrogens is 370 g/mol. The van der Waals surface area contributed by atoms with Crippen LogP contribution in [0.25, 0.3) is 0 Å². The van der Waals surface area contributed by atoms with Gasteiger partial charge in [-0.1, -0.05) is 13.8 Å². The molecule has 154 valence electrons. The Morgan fingerprint density at radius 1 is 1.22 bits per heavy atom. The average Bonchev–Trinajstić information content (AvgIpc) is 2.50. The number of aliphatic hydroxyl groups is 1. The van der Waals surface area contributed by atoms with Crippen LogP contribution in [0.15, 0.2) is 29.2 Å². The summed E-state index contributed by atoms with van der Waals surface area (Å²) < 4.78 is 32.1. The van der Waals surface area contributed by atoms with Gasteiger partial charge in [-0.05, 0) is 51.0 Å². The summed E-state index contributed by atoms with van der Waals surface area (Å²) in [6.07, 6.45) is -1.75. The van der Waals surface area contributed by atoms with Crippen LogP contribution in [0.1, 0.15) is 34.6 Å². The fourth-order valence-electron chi connectivity index (χ4n) is 2.28. The number of alkyl carbamates (subject to hydrolysis) is 1. The summed E-state index contributed by atoms with van der Waals surface area (Å²) in [6.45, 7) is 8.91. The molecule has 9 heteroatoms. The first kappa shape index (κ1) is 23.2. The zero-order chi connectivity index (χ0) is 20.8. The summed E-state index contributed by atoms with van der Waals surface area (Å²) >= 11 is 0. The molecule has 1 rings (SSSR count). The second-order valence-electron chi connectivity index (χ2n) is 7.82. The van der Waals surface area contributed by atoms with E-state index in [0.29, 0.717) is 5.69 Å². The van der Waals surface area contributed by atoms with E-state index in [1.54, 1.807) is 20.8 Å². The van der Waals surface area contributed by atoms with Crippen LogP contribution >= 0.6 is 0 Å². The molecule has 0 spiro atoms. The Morgan fingerprint density at radius 3 is 2.26 bits per heavy atom. The smallest absolute Gasteiger partial charge is 0.407 e. The van der Waals surface area contributed by atoms with Crippen molar-refractivity contribution < 1.29 is 23.1 Å². The first-order chi connectivity index (χ1) is 12.3. The number of amides is 1. The van der Waals surface area contributed by atoms with Gasteiger partial charge >= 0.3 is 6.09 Å². The molecule has 0 saturated carbocycles. The van der Waals surface area contributed by atoms with Crippen LogP contribution in [0.4, 0.5) is 10.5 Å². The number of hydrogen-bond donors (Lipinski definition) is 3. The molecule has 0 aliphatic carbocycles. The molecule has 0 bridgehead atoms. The number of anilines is 1. The minimum atomic E-state index is -3.80. The van der Waals surface area contributed by atoms with Crippen LogP contribution in [0.3, 0.4) is 0 Å². The highest BCUT2D eigenvalue weighted by Gasteiger charge is 2.27. The minimum Gasteiger partial charge on any atom is -0.444 e. The molecule has 1 amide bonds. The molecule has 1 atom stereocenters.